The maximum atomic E-state index is 14.1. The number of aromatic nitrogens is 2. The molecule has 0 atom stereocenters. The lowest BCUT2D eigenvalue weighted by Crippen LogP contribution is -2.26. The molecule has 0 unspecified atom stereocenters. The molecule has 1 amide bonds. The second kappa shape index (κ2) is 9.78. The van der Waals surface area contributed by atoms with E-state index in [4.69, 9.17) is 4.74 Å². The summed E-state index contributed by atoms with van der Waals surface area (Å²) in [5, 5.41) is 6.08. The summed E-state index contributed by atoms with van der Waals surface area (Å²) >= 11 is 0. The fraction of sp³-hybridized carbons (Fsp3) is 0.120. The largest absolute Gasteiger partial charge is 0.489 e. The number of hydrogen-bond donors (Lipinski definition) is 1. The Labute approximate surface area is 192 Å². The predicted octanol–water partition coefficient (Wildman–Crippen LogP) is 5.54. The third kappa shape index (κ3) is 5.25. The molecule has 0 aliphatic heterocycles. The molecule has 1 N–H and O–H groups in total. The van der Waals surface area contributed by atoms with Crippen LogP contribution < -0.4 is 10.1 Å². The number of rotatable bonds is 7. The summed E-state index contributed by atoms with van der Waals surface area (Å²) in [5.41, 5.74) is -0.774. The molecule has 174 valence electrons. The van der Waals surface area contributed by atoms with E-state index in [0.717, 1.165) is 23.9 Å². The highest BCUT2D eigenvalue weighted by molar-refractivity contribution is 5.95. The van der Waals surface area contributed by atoms with Crippen molar-refractivity contribution in [1.29, 1.82) is 0 Å². The van der Waals surface area contributed by atoms with Crippen molar-refractivity contribution < 1.29 is 27.1 Å². The highest BCUT2D eigenvalue weighted by Crippen LogP contribution is 2.34. The number of hydrogen-bond acceptors (Lipinski definition) is 3. The molecule has 0 radical (unpaired) electrons. The number of para-hydroxylation sites is 1. The molecule has 0 saturated heterocycles. The van der Waals surface area contributed by atoms with Crippen molar-refractivity contribution >= 4 is 5.91 Å². The number of amides is 1. The van der Waals surface area contributed by atoms with Gasteiger partial charge in [-0.05, 0) is 35.4 Å². The minimum atomic E-state index is -4.93. The average Bonchev–Trinajstić information content (AvgIpc) is 3.29. The van der Waals surface area contributed by atoms with Crippen LogP contribution >= 0.6 is 0 Å². The highest BCUT2D eigenvalue weighted by Gasteiger charge is 2.41. The maximum absolute atomic E-state index is 14.1. The van der Waals surface area contributed by atoms with Crippen LogP contribution in [-0.4, -0.2) is 15.7 Å². The van der Waals surface area contributed by atoms with Crippen molar-refractivity contribution in [3.05, 3.63) is 113 Å². The van der Waals surface area contributed by atoms with Crippen LogP contribution in [0.25, 0.3) is 5.69 Å². The number of alkyl halides is 3. The summed E-state index contributed by atoms with van der Waals surface area (Å²) < 4.78 is 61.4. The monoisotopic (exact) mass is 469 g/mol. The lowest BCUT2D eigenvalue weighted by molar-refractivity contribution is -0.143. The summed E-state index contributed by atoms with van der Waals surface area (Å²) in [6.45, 7) is 0.378. The number of carbonyl (C=O) groups is 1. The van der Waals surface area contributed by atoms with Gasteiger partial charge >= 0.3 is 6.18 Å². The van der Waals surface area contributed by atoms with E-state index in [-0.39, 0.29) is 6.54 Å². The number of nitrogens with one attached hydrogen (secondary N) is 1. The van der Waals surface area contributed by atoms with Crippen LogP contribution in [0.1, 0.15) is 27.2 Å². The molecule has 0 bridgehead atoms. The molecule has 0 aliphatic rings. The van der Waals surface area contributed by atoms with Gasteiger partial charge in [-0.25, -0.2) is 9.07 Å². The van der Waals surface area contributed by atoms with Crippen molar-refractivity contribution in [1.82, 2.24) is 15.1 Å². The topological polar surface area (TPSA) is 56.1 Å². The van der Waals surface area contributed by atoms with Crippen molar-refractivity contribution in [2.75, 3.05) is 0 Å². The Morgan fingerprint density at radius 1 is 0.912 bits per heavy atom. The van der Waals surface area contributed by atoms with Crippen LogP contribution in [0.2, 0.25) is 0 Å². The van der Waals surface area contributed by atoms with E-state index >= 15 is 0 Å². The minimum absolute atomic E-state index is 0.0139. The number of halogens is 4. The van der Waals surface area contributed by atoms with Gasteiger partial charge < -0.3 is 10.1 Å². The van der Waals surface area contributed by atoms with Crippen LogP contribution in [0.4, 0.5) is 17.6 Å². The summed E-state index contributed by atoms with van der Waals surface area (Å²) in [4.78, 5) is 12.6. The van der Waals surface area contributed by atoms with Crippen LogP contribution in [0.3, 0.4) is 0 Å². The number of benzene rings is 3. The zero-order valence-corrected chi connectivity index (χ0v) is 17.7. The van der Waals surface area contributed by atoms with E-state index in [1.54, 1.807) is 24.3 Å². The SMILES string of the molecule is O=C(NCc1ccc(OCc2ccccc2)cc1)c1cnn(-c2ccccc2F)c1C(F)(F)F. The van der Waals surface area contributed by atoms with Crippen molar-refractivity contribution in [2.24, 2.45) is 0 Å². The smallest absolute Gasteiger partial charge is 0.434 e. The third-order valence-electron chi connectivity index (χ3n) is 4.99. The average molecular weight is 469 g/mol. The Bertz CT molecular complexity index is 1270. The maximum Gasteiger partial charge on any atom is 0.434 e. The first kappa shape index (κ1) is 23.0. The number of carbonyl (C=O) groups excluding carboxylic acids is 1. The fourth-order valence-electron chi connectivity index (χ4n) is 3.32. The standard InChI is InChI=1S/C25H19F4N3O2/c26-21-8-4-5-9-22(21)32-23(25(27,28)29)20(15-31-32)24(33)30-14-17-10-12-19(13-11-17)34-16-18-6-2-1-3-7-18/h1-13,15H,14,16H2,(H,30,33). The van der Waals surface area contributed by atoms with E-state index in [9.17, 15) is 22.4 Å². The zero-order valence-electron chi connectivity index (χ0n) is 17.7. The molecule has 4 aromatic rings. The molecule has 5 nitrogen and oxygen atoms in total. The van der Waals surface area contributed by atoms with Gasteiger partial charge in [-0.15, -0.1) is 0 Å². The molecule has 0 saturated carbocycles. The van der Waals surface area contributed by atoms with Crippen LogP contribution in [0.15, 0.2) is 85.1 Å². The van der Waals surface area contributed by atoms with Gasteiger partial charge in [0.1, 0.15) is 23.9 Å². The fourth-order valence-corrected chi connectivity index (χ4v) is 3.32. The van der Waals surface area contributed by atoms with Gasteiger partial charge in [0.15, 0.2) is 5.69 Å². The molecule has 1 aromatic heterocycles. The summed E-state index contributed by atoms with van der Waals surface area (Å²) in [6.07, 6.45) is -4.14. The molecule has 0 spiro atoms. The van der Waals surface area contributed by atoms with Crippen molar-refractivity contribution in [2.45, 2.75) is 19.3 Å². The molecule has 1 heterocycles. The van der Waals surface area contributed by atoms with Gasteiger partial charge in [0.25, 0.3) is 5.91 Å². The normalized spacial score (nSPS) is 11.3. The quantitative estimate of drug-likeness (QED) is 0.362. The van der Waals surface area contributed by atoms with Crippen molar-refractivity contribution in [3.63, 3.8) is 0 Å². The molecule has 9 heteroatoms. The van der Waals surface area contributed by atoms with E-state index in [2.05, 4.69) is 10.4 Å². The zero-order chi connectivity index (χ0) is 24.1. The van der Waals surface area contributed by atoms with Gasteiger partial charge in [-0.1, -0.05) is 54.6 Å². The molecule has 4 rings (SSSR count). The highest BCUT2D eigenvalue weighted by atomic mass is 19.4. The molecule has 0 aliphatic carbocycles. The van der Waals surface area contributed by atoms with Gasteiger partial charge in [-0.2, -0.15) is 18.3 Å². The molecule has 0 fully saturated rings. The molecular weight excluding hydrogens is 450 g/mol. The Balaban J connectivity index is 1.44. The summed E-state index contributed by atoms with van der Waals surface area (Å²) in [6, 6.07) is 21.3. The molecule has 34 heavy (non-hydrogen) atoms. The van der Waals surface area contributed by atoms with E-state index in [0.29, 0.717) is 22.6 Å². The number of nitrogens with zero attached hydrogens (tertiary/aromatic N) is 2. The molecular formula is C25H19F4N3O2. The Hall–Kier alpha value is -4.14. The third-order valence-corrected chi connectivity index (χ3v) is 4.99. The summed E-state index contributed by atoms with van der Waals surface area (Å²) in [7, 11) is 0. The van der Waals surface area contributed by atoms with E-state index in [1.807, 2.05) is 30.3 Å². The lowest BCUT2D eigenvalue weighted by atomic mass is 10.2. The second-order valence-electron chi connectivity index (χ2n) is 7.37. The van der Waals surface area contributed by atoms with Crippen LogP contribution in [0.5, 0.6) is 5.75 Å². The Morgan fingerprint density at radius 3 is 2.26 bits per heavy atom. The van der Waals surface area contributed by atoms with Gasteiger partial charge in [0.05, 0.1) is 11.8 Å². The first-order valence-corrected chi connectivity index (χ1v) is 10.3. The first-order valence-electron chi connectivity index (χ1n) is 10.3. The number of ether oxygens (including phenoxy) is 1. The second-order valence-corrected chi connectivity index (χ2v) is 7.37. The van der Waals surface area contributed by atoms with Gasteiger partial charge in [0, 0.05) is 6.54 Å². The first-order chi connectivity index (χ1) is 16.3. The van der Waals surface area contributed by atoms with E-state index < -0.39 is 34.8 Å². The predicted molar refractivity (Wildman–Crippen MR) is 117 cm³/mol. The Morgan fingerprint density at radius 2 is 1.59 bits per heavy atom. The minimum Gasteiger partial charge on any atom is -0.489 e. The van der Waals surface area contributed by atoms with Gasteiger partial charge in [0.2, 0.25) is 0 Å². The van der Waals surface area contributed by atoms with Crippen LogP contribution in [-0.2, 0) is 19.3 Å². The van der Waals surface area contributed by atoms with E-state index in [1.165, 1.54) is 12.1 Å². The van der Waals surface area contributed by atoms with Crippen LogP contribution in [0, 0.1) is 5.82 Å². The van der Waals surface area contributed by atoms with Crippen molar-refractivity contribution in [3.8, 4) is 11.4 Å². The summed E-state index contributed by atoms with van der Waals surface area (Å²) in [5.74, 6) is -1.25. The lowest BCUT2D eigenvalue weighted by Gasteiger charge is -2.13. The Kier molecular flexibility index (Phi) is 6.62. The van der Waals surface area contributed by atoms with Gasteiger partial charge in [-0.3, -0.25) is 4.79 Å². The molecule has 3 aromatic carbocycles.